The fraction of sp³-hybridized carbons (Fsp3) is 0. The highest BCUT2D eigenvalue weighted by Crippen LogP contribution is 2.47. The lowest BCUT2D eigenvalue weighted by atomic mass is 9.99. The summed E-state index contributed by atoms with van der Waals surface area (Å²) in [6.45, 7) is 0. The number of fused-ring (bicyclic) bond motifs is 12. The van der Waals surface area contributed by atoms with Crippen molar-refractivity contribution in [1.29, 1.82) is 0 Å². The second kappa shape index (κ2) is 10.5. The summed E-state index contributed by atoms with van der Waals surface area (Å²) in [5, 5.41) is 11.0. The molecular formula is C45H26N4S. The second-order valence-corrected chi connectivity index (χ2v) is 13.8. The molecule has 0 saturated carbocycles. The Morgan fingerprint density at radius 3 is 2.08 bits per heavy atom. The monoisotopic (exact) mass is 654 g/mol. The molecule has 11 aromatic rings. The van der Waals surface area contributed by atoms with Crippen molar-refractivity contribution >= 4 is 85.9 Å². The Bertz CT molecular complexity index is 3150. The standard InChI is InChI=1S/C45H26N4S/c1-2-13-30-27(11-1)12-9-18-32(30)41-36-19-10-26-46-45(36)48-44(47-41)28-22-24-29(25-23-28)49-37-20-7-5-16-34(37)39-31-14-3-4-15-33(31)43-40(42(39)49)35-17-6-8-21-38(35)50-43/h1-26H. The number of hydrogen-bond acceptors (Lipinski definition) is 4. The van der Waals surface area contributed by atoms with Gasteiger partial charge in [-0.25, -0.2) is 15.0 Å². The van der Waals surface area contributed by atoms with E-state index in [0.29, 0.717) is 11.5 Å². The number of benzene rings is 7. The summed E-state index contributed by atoms with van der Waals surface area (Å²) in [7, 11) is 0. The zero-order chi connectivity index (χ0) is 32.8. The average Bonchev–Trinajstić information content (AvgIpc) is 3.74. The summed E-state index contributed by atoms with van der Waals surface area (Å²) >= 11 is 1.88. The van der Waals surface area contributed by atoms with Gasteiger partial charge in [-0.2, -0.15) is 0 Å². The lowest BCUT2D eigenvalue weighted by molar-refractivity contribution is 1.17. The van der Waals surface area contributed by atoms with Crippen LogP contribution in [0, 0.1) is 0 Å². The van der Waals surface area contributed by atoms with Crippen molar-refractivity contribution in [1.82, 2.24) is 19.5 Å². The van der Waals surface area contributed by atoms with Crippen LogP contribution in [0.25, 0.3) is 103 Å². The van der Waals surface area contributed by atoms with E-state index in [9.17, 15) is 0 Å². The molecule has 4 aromatic heterocycles. The predicted molar refractivity (Wildman–Crippen MR) is 210 cm³/mol. The van der Waals surface area contributed by atoms with Crippen LogP contribution in [0.5, 0.6) is 0 Å². The van der Waals surface area contributed by atoms with E-state index in [4.69, 9.17) is 9.97 Å². The van der Waals surface area contributed by atoms with Gasteiger partial charge in [-0.3, -0.25) is 0 Å². The SMILES string of the molecule is c1ccc2c(-c3nc(-c4ccc(-n5c6ccccc6c6c7ccccc7c7sc8ccccc8c7c65)cc4)nc4ncccc34)cccc2c1. The van der Waals surface area contributed by atoms with Gasteiger partial charge in [0.05, 0.1) is 16.7 Å². The third-order valence-corrected chi connectivity index (χ3v) is 11.3. The van der Waals surface area contributed by atoms with Crippen LogP contribution in [0.2, 0.25) is 0 Å². The highest BCUT2D eigenvalue weighted by atomic mass is 32.1. The van der Waals surface area contributed by atoms with Crippen LogP contribution in [0.15, 0.2) is 158 Å². The highest BCUT2D eigenvalue weighted by Gasteiger charge is 2.22. The molecule has 0 N–H and O–H groups in total. The first-order valence-corrected chi connectivity index (χ1v) is 17.6. The van der Waals surface area contributed by atoms with Crippen molar-refractivity contribution in [2.45, 2.75) is 0 Å². The zero-order valence-electron chi connectivity index (χ0n) is 26.7. The molecule has 0 aliphatic carbocycles. The van der Waals surface area contributed by atoms with E-state index in [1.54, 1.807) is 6.20 Å². The molecule has 11 rings (SSSR count). The lowest BCUT2D eigenvalue weighted by Crippen LogP contribution is -1.98. The molecular weight excluding hydrogens is 629 g/mol. The summed E-state index contributed by atoms with van der Waals surface area (Å²) in [6, 6.07) is 54.1. The number of aromatic nitrogens is 4. The van der Waals surface area contributed by atoms with Gasteiger partial charge in [0.1, 0.15) is 0 Å². The van der Waals surface area contributed by atoms with Crippen LogP contribution in [-0.2, 0) is 0 Å². The van der Waals surface area contributed by atoms with Gasteiger partial charge in [0.15, 0.2) is 11.5 Å². The molecule has 4 nitrogen and oxygen atoms in total. The van der Waals surface area contributed by atoms with Gasteiger partial charge < -0.3 is 4.57 Å². The quantitative estimate of drug-likeness (QED) is 0.190. The maximum absolute atomic E-state index is 5.23. The fourth-order valence-electron chi connectivity index (χ4n) is 7.88. The minimum atomic E-state index is 0.658. The molecule has 0 spiro atoms. The third kappa shape index (κ3) is 3.89. The van der Waals surface area contributed by atoms with Crippen molar-refractivity contribution in [3.8, 4) is 28.3 Å². The Morgan fingerprint density at radius 2 is 1.20 bits per heavy atom. The number of nitrogens with zero attached hydrogens (tertiary/aromatic N) is 4. The minimum absolute atomic E-state index is 0.658. The molecule has 7 aromatic carbocycles. The van der Waals surface area contributed by atoms with Crippen LogP contribution < -0.4 is 0 Å². The number of para-hydroxylation sites is 1. The van der Waals surface area contributed by atoms with Crippen LogP contribution in [0.1, 0.15) is 0 Å². The molecule has 50 heavy (non-hydrogen) atoms. The van der Waals surface area contributed by atoms with Crippen LogP contribution in [-0.4, -0.2) is 19.5 Å². The minimum Gasteiger partial charge on any atom is -0.309 e. The van der Waals surface area contributed by atoms with E-state index in [1.165, 1.54) is 58.1 Å². The van der Waals surface area contributed by atoms with Gasteiger partial charge in [0.2, 0.25) is 0 Å². The second-order valence-electron chi connectivity index (χ2n) is 12.8. The van der Waals surface area contributed by atoms with Gasteiger partial charge in [0, 0.05) is 64.7 Å². The first-order valence-electron chi connectivity index (χ1n) is 16.8. The van der Waals surface area contributed by atoms with Gasteiger partial charge in [-0.1, -0.05) is 103 Å². The lowest BCUT2D eigenvalue weighted by Gasteiger charge is -2.13. The number of rotatable bonds is 3. The smallest absolute Gasteiger partial charge is 0.163 e. The van der Waals surface area contributed by atoms with Gasteiger partial charge in [0.25, 0.3) is 0 Å². The molecule has 0 bridgehead atoms. The van der Waals surface area contributed by atoms with Gasteiger partial charge in [-0.05, 0) is 64.7 Å². The van der Waals surface area contributed by atoms with E-state index in [2.05, 4.69) is 155 Å². The van der Waals surface area contributed by atoms with Crippen molar-refractivity contribution in [2.75, 3.05) is 0 Å². The Labute approximate surface area is 290 Å². The van der Waals surface area contributed by atoms with Crippen molar-refractivity contribution in [3.63, 3.8) is 0 Å². The summed E-state index contributed by atoms with van der Waals surface area (Å²) in [5.74, 6) is 0.658. The molecule has 4 heterocycles. The van der Waals surface area contributed by atoms with E-state index in [-0.39, 0.29) is 0 Å². The van der Waals surface area contributed by atoms with E-state index in [1.807, 2.05) is 17.4 Å². The Kier molecular flexibility index (Phi) is 5.80. The normalized spacial score (nSPS) is 12.0. The van der Waals surface area contributed by atoms with Gasteiger partial charge in [-0.15, -0.1) is 11.3 Å². The van der Waals surface area contributed by atoms with Crippen LogP contribution in [0.4, 0.5) is 0 Å². The van der Waals surface area contributed by atoms with Crippen molar-refractivity contribution < 1.29 is 0 Å². The Hall–Kier alpha value is -6.43. The first kappa shape index (κ1) is 27.5. The number of thiophene rings is 1. The van der Waals surface area contributed by atoms with E-state index >= 15 is 0 Å². The summed E-state index contributed by atoms with van der Waals surface area (Å²) < 4.78 is 5.08. The zero-order valence-corrected chi connectivity index (χ0v) is 27.5. The number of hydrogen-bond donors (Lipinski definition) is 0. The molecule has 0 aliphatic rings. The van der Waals surface area contributed by atoms with Crippen molar-refractivity contribution in [3.05, 3.63) is 158 Å². The first-order chi connectivity index (χ1) is 24.8. The molecule has 0 unspecified atom stereocenters. The maximum atomic E-state index is 5.23. The fourth-order valence-corrected chi connectivity index (χ4v) is 9.12. The average molecular weight is 655 g/mol. The molecule has 0 atom stereocenters. The molecule has 0 aliphatic heterocycles. The molecule has 0 radical (unpaired) electrons. The molecule has 0 fully saturated rings. The number of pyridine rings is 1. The Balaban J connectivity index is 1.16. The Morgan fingerprint density at radius 1 is 0.500 bits per heavy atom. The maximum Gasteiger partial charge on any atom is 0.163 e. The summed E-state index contributed by atoms with van der Waals surface area (Å²) in [4.78, 5) is 14.9. The topological polar surface area (TPSA) is 43.6 Å². The predicted octanol–water partition coefficient (Wildman–Crippen LogP) is 12.1. The van der Waals surface area contributed by atoms with Crippen LogP contribution >= 0.6 is 11.3 Å². The van der Waals surface area contributed by atoms with Crippen molar-refractivity contribution in [2.24, 2.45) is 0 Å². The molecule has 0 amide bonds. The highest BCUT2D eigenvalue weighted by molar-refractivity contribution is 7.27. The summed E-state index contributed by atoms with van der Waals surface area (Å²) in [6.07, 6.45) is 1.80. The van der Waals surface area contributed by atoms with E-state index < -0.39 is 0 Å². The third-order valence-electron chi connectivity index (χ3n) is 10.0. The molecule has 232 valence electrons. The largest absolute Gasteiger partial charge is 0.309 e. The van der Waals surface area contributed by atoms with Crippen LogP contribution in [0.3, 0.4) is 0 Å². The molecule has 5 heteroatoms. The van der Waals surface area contributed by atoms with E-state index in [0.717, 1.165) is 33.3 Å². The molecule has 0 saturated heterocycles. The summed E-state index contributed by atoms with van der Waals surface area (Å²) in [5.41, 5.74) is 7.12. The van der Waals surface area contributed by atoms with Gasteiger partial charge >= 0.3 is 0 Å².